The lowest BCUT2D eigenvalue weighted by Crippen LogP contribution is -2.72. The predicted octanol–water partition coefficient (Wildman–Crippen LogP) is 3.21. The SMILES string of the molecule is CCNC(=NCC(c1cccs1)N1CCOCC1)N1CC(C)(C)C1(C)C. The zero-order valence-corrected chi connectivity index (χ0v) is 17.7. The van der Waals surface area contributed by atoms with Crippen LogP contribution < -0.4 is 5.32 Å². The van der Waals surface area contributed by atoms with E-state index in [0.29, 0.717) is 11.5 Å². The van der Waals surface area contributed by atoms with E-state index in [0.717, 1.165) is 51.9 Å². The highest BCUT2D eigenvalue weighted by atomic mass is 32.1. The van der Waals surface area contributed by atoms with Gasteiger partial charge in [0.05, 0.1) is 25.8 Å². The van der Waals surface area contributed by atoms with Gasteiger partial charge in [-0.2, -0.15) is 0 Å². The normalized spacial score (nSPS) is 24.2. The topological polar surface area (TPSA) is 40.1 Å². The highest BCUT2D eigenvalue weighted by Crippen LogP contribution is 2.46. The predicted molar refractivity (Wildman–Crippen MR) is 110 cm³/mol. The van der Waals surface area contributed by atoms with Gasteiger partial charge < -0.3 is 15.0 Å². The molecule has 5 nitrogen and oxygen atoms in total. The van der Waals surface area contributed by atoms with Crippen molar-refractivity contribution in [2.45, 2.75) is 46.2 Å². The number of hydrogen-bond acceptors (Lipinski definition) is 4. The van der Waals surface area contributed by atoms with Crippen molar-refractivity contribution in [3.8, 4) is 0 Å². The largest absolute Gasteiger partial charge is 0.379 e. The second kappa shape index (κ2) is 7.87. The van der Waals surface area contributed by atoms with Crippen LogP contribution in [0.2, 0.25) is 0 Å². The summed E-state index contributed by atoms with van der Waals surface area (Å²) < 4.78 is 5.55. The van der Waals surface area contributed by atoms with E-state index in [1.807, 2.05) is 11.3 Å². The minimum Gasteiger partial charge on any atom is -0.379 e. The van der Waals surface area contributed by atoms with Crippen molar-refractivity contribution in [3.05, 3.63) is 22.4 Å². The molecular formula is C20H34N4OS. The van der Waals surface area contributed by atoms with E-state index in [1.165, 1.54) is 4.88 Å². The van der Waals surface area contributed by atoms with Crippen LogP contribution in [0.15, 0.2) is 22.5 Å². The maximum Gasteiger partial charge on any atom is 0.194 e. The summed E-state index contributed by atoms with van der Waals surface area (Å²) in [5.74, 6) is 1.05. The lowest BCUT2D eigenvalue weighted by atomic mass is 9.65. The van der Waals surface area contributed by atoms with Crippen LogP contribution in [0.3, 0.4) is 0 Å². The maximum absolute atomic E-state index is 5.55. The quantitative estimate of drug-likeness (QED) is 0.631. The molecule has 1 N–H and O–H groups in total. The van der Waals surface area contributed by atoms with Gasteiger partial charge in [-0.3, -0.25) is 9.89 Å². The van der Waals surface area contributed by atoms with Gasteiger partial charge >= 0.3 is 0 Å². The molecule has 0 radical (unpaired) electrons. The molecule has 1 unspecified atom stereocenters. The molecule has 1 aromatic heterocycles. The molecule has 146 valence electrons. The first kappa shape index (κ1) is 19.6. The number of morpholine rings is 1. The van der Waals surface area contributed by atoms with E-state index >= 15 is 0 Å². The third kappa shape index (κ3) is 3.78. The van der Waals surface area contributed by atoms with Crippen LogP contribution in [0, 0.1) is 5.41 Å². The standard InChI is InChI=1S/C20H34N4OS/c1-6-21-18(24-15-19(2,3)20(24,4)5)22-14-16(17-8-7-13-26-17)23-9-11-25-12-10-23/h7-8,13,16H,6,9-12,14-15H2,1-5H3,(H,21,22). The van der Waals surface area contributed by atoms with Gasteiger partial charge in [0, 0.05) is 42.0 Å². The van der Waals surface area contributed by atoms with E-state index in [4.69, 9.17) is 9.73 Å². The number of hydrogen-bond donors (Lipinski definition) is 1. The van der Waals surface area contributed by atoms with Gasteiger partial charge in [-0.25, -0.2) is 0 Å². The van der Waals surface area contributed by atoms with Crippen LogP contribution in [0.1, 0.15) is 45.5 Å². The highest BCUT2D eigenvalue weighted by Gasteiger charge is 2.53. The molecule has 2 saturated heterocycles. The molecule has 1 atom stereocenters. The summed E-state index contributed by atoms with van der Waals surface area (Å²) >= 11 is 1.83. The molecule has 26 heavy (non-hydrogen) atoms. The number of aliphatic imine (C=N–C) groups is 1. The van der Waals surface area contributed by atoms with Crippen LogP contribution in [-0.2, 0) is 4.74 Å². The average molecular weight is 379 g/mol. The average Bonchev–Trinajstić information content (AvgIpc) is 3.14. The highest BCUT2D eigenvalue weighted by molar-refractivity contribution is 7.10. The molecule has 0 aliphatic carbocycles. The molecule has 3 rings (SSSR count). The molecule has 0 bridgehead atoms. The Morgan fingerprint density at radius 3 is 2.58 bits per heavy atom. The van der Waals surface area contributed by atoms with Gasteiger partial charge in [0.1, 0.15) is 0 Å². The molecule has 0 amide bonds. The second-order valence-corrected chi connectivity index (χ2v) is 9.38. The van der Waals surface area contributed by atoms with Crippen molar-refractivity contribution in [2.75, 3.05) is 45.9 Å². The van der Waals surface area contributed by atoms with E-state index in [1.54, 1.807) is 0 Å². The number of ether oxygens (including phenoxy) is 1. The van der Waals surface area contributed by atoms with E-state index in [9.17, 15) is 0 Å². The number of thiophene rings is 1. The van der Waals surface area contributed by atoms with Crippen LogP contribution in [0.25, 0.3) is 0 Å². The fourth-order valence-corrected chi connectivity index (χ4v) is 4.58. The molecule has 2 aliphatic heterocycles. The Balaban J connectivity index is 1.78. The van der Waals surface area contributed by atoms with Crippen LogP contribution in [0.5, 0.6) is 0 Å². The minimum absolute atomic E-state index is 0.116. The van der Waals surface area contributed by atoms with Crippen LogP contribution in [0.4, 0.5) is 0 Å². The van der Waals surface area contributed by atoms with E-state index in [2.05, 4.69) is 67.2 Å². The van der Waals surface area contributed by atoms with Gasteiger partial charge in [0.25, 0.3) is 0 Å². The number of nitrogens with zero attached hydrogens (tertiary/aromatic N) is 3. The Kier molecular flexibility index (Phi) is 5.94. The number of rotatable bonds is 5. The van der Waals surface area contributed by atoms with Gasteiger partial charge in [-0.05, 0) is 32.2 Å². The third-order valence-corrected chi connectivity index (χ3v) is 7.22. The van der Waals surface area contributed by atoms with Gasteiger partial charge in [-0.15, -0.1) is 11.3 Å². The van der Waals surface area contributed by atoms with E-state index < -0.39 is 0 Å². The van der Waals surface area contributed by atoms with Crippen molar-refractivity contribution in [1.29, 1.82) is 0 Å². The molecule has 3 heterocycles. The van der Waals surface area contributed by atoms with Gasteiger partial charge in [-0.1, -0.05) is 19.9 Å². The third-order valence-electron chi connectivity index (χ3n) is 6.25. The Labute approximate surface area is 162 Å². The summed E-state index contributed by atoms with van der Waals surface area (Å²) in [5.41, 5.74) is 0.423. The van der Waals surface area contributed by atoms with Gasteiger partial charge in [0.15, 0.2) is 5.96 Å². The first-order valence-corrected chi connectivity index (χ1v) is 10.7. The second-order valence-electron chi connectivity index (χ2n) is 8.40. The van der Waals surface area contributed by atoms with Gasteiger partial charge in [0.2, 0.25) is 0 Å². The summed E-state index contributed by atoms with van der Waals surface area (Å²) in [6.07, 6.45) is 0. The molecule has 2 fully saturated rings. The van der Waals surface area contributed by atoms with Crippen molar-refractivity contribution in [3.63, 3.8) is 0 Å². The summed E-state index contributed by atoms with van der Waals surface area (Å²) in [7, 11) is 0. The Hall–Kier alpha value is -1.11. The first-order valence-electron chi connectivity index (χ1n) is 9.78. The molecule has 6 heteroatoms. The maximum atomic E-state index is 5.55. The Morgan fingerprint density at radius 1 is 1.31 bits per heavy atom. The zero-order chi connectivity index (χ0) is 18.8. The lowest BCUT2D eigenvalue weighted by molar-refractivity contribution is -0.0668. The zero-order valence-electron chi connectivity index (χ0n) is 16.9. The number of likely N-dealkylation sites (tertiary alicyclic amines) is 1. The molecule has 1 aromatic rings. The fourth-order valence-electron chi connectivity index (χ4n) is 3.72. The molecule has 0 aromatic carbocycles. The first-order chi connectivity index (χ1) is 12.4. The number of guanidine groups is 1. The van der Waals surface area contributed by atoms with Crippen molar-refractivity contribution in [1.82, 2.24) is 15.1 Å². The van der Waals surface area contributed by atoms with Crippen molar-refractivity contribution >= 4 is 17.3 Å². The van der Waals surface area contributed by atoms with Crippen LogP contribution in [-0.4, -0.2) is 67.2 Å². The lowest BCUT2D eigenvalue weighted by Gasteiger charge is -2.62. The molecule has 0 spiro atoms. The van der Waals surface area contributed by atoms with E-state index in [-0.39, 0.29) is 5.54 Å². The van der Waals surface area contributed by atoms with Crippen LogP contribution >= 0.6 is 11.3 Å². The fraction of sp³-hybridized carbons (Fsp3) is 0.750. The molecule has 0 saturated carbocycles. The Bertz CT molecular complexity index is 605. The van der Waals surface area contributed by atoms with Crippen molar-refractivity contribution in [2.24, 2.45) is 10.4 Å². The van der Waals surface area contributed by atoms with Crippen molar-refractivity contribution < 1.29 is 4.74 Å². The minimum atomic E-state index is 0.116. The Morgan fingerprint density at radius 2 is 2.04 bits per heavy atom. The summed E-state index contributed by atoms with van der Waals surface area (Å²) in [5, 5.41) is 5.68. The smallest absolute Gasteiger partial charge is 0.194 e. The summed E-state index contributed by atoms with van der Waals surface area (Å²) in [6.45, 7) is 17.8. The monoisotopic (exact) mass is 378 g/mol. The molecule has 2 aliphatic rings. The summed E-state index contributed by atoms with van der Waals surface area (Å²) in [6, 6.07) is 4.72. The number of nitrogens with one attached hydrogen (secondary N) is 1. The summed E-state index contributed by atoms with van der Waals surface area (Å²) in [4.78, 5) is 11.4. The molecular weight excluding hydrogens is 344 g/mol.